The fourth-order valence-electron chi connectivity index (χ4n) is 2.71. The highest BCUT2D eigenvalue weighted by atomic mass is 16.5. The molecule has 3 atom stereocenters. The molecule has 0 radical (unpaired) electrons. The molecular formula is C20H24O5. The van der Waals surface area contributed by atoms with Crippen LogP contribution < -0.4 is 4.74 Å². The van der Waals surface area contributed by atoms with Crippen LogP contribution in [0.2, 0.25) is 0 Å². The first kappa shape index (κ1) is 18.8. The molecule has 0 amide bonds. The lowest BCUT2D eigenvalue weighted by Crippen LogP contribution is -2.16. The standard InChI is InChI=1S/C20H24O5/c1-12(9-14-5-7-16(21)18(10-14)24-3)13(2)20(23)15-6-8-17(22)19(11-15)25-4/h5-13,20,22-23H,1-4H3/b14-9+/t12-,13-,20+/m0/s1. The maximum Gasteiger partial charge on any atom is 0.220 e. The fraction of sp³-hybridized carbons (Fsp3) is 0.350. The first-order chi connectivity index (χ1) is 11.9. The van der Waals surface area contributed by atoms with Gasteiger partial charge in [-0.3, -0.25) is 4.79 Å². The molecule has 1 aliphatic rings. The summed E-state index contributed by atoms with van der Waals surface area (Å²) in [5.74, 6) is 0.463. The molecule has 1 aliphatic carbocycles. The van der Waals surface area contributed by atoms with Gasteiger partial charge in [0.05, 0.1) is 20.3 Å². The number of ether oxygens (including phenoxy) is 2. The Kier molecular flexibility index (Phi) is 6.04. The predicted molar refractivity (Wildman–Crippen MR) is 95.3 cm³/mol. The van der Waals surface area contributed by atoms with Gasteiger partial charge in [-0.05, 0) is 47.3 Å². The fourth-order valence-corrected chi connectivity index (χ4v) is 2.71. The van der Waals surface area contributed by atoms with Gasteiger partial charge < -0.3 is 19.7 Å². The number of methoxy groups -OCH3 is 2. The number of allylic oxidation sites excluding steroid dienone is 5. The van der Waals surface area contributed by atoms with Crippen molar-refractivity contribution in [2.75, 3.05) is 14.2 Å². The molecule has 0 bridgehead atoms. The lowest BCUT2D eigenvalue weighted by Gasteiger charge is -2.24. The summed E-state index contributed by atoms with van der Waals surface area (Å²) in [5, 5.41) is 20.3. The highest BCUT2D eigenvalue weighted by Gasteiger charge is 2.23. The van der Waals surface area contributed by atoms with Crippen LogP contribution in [0.15, 0.2) is 53.8 Å². The number of hydrogen-bond donors (Lipinski definition) is 2. The van der Waals surface area contributed by atoms with Crippen LogP contribution in [0.5, 0.6) is 11.5 Å². The van der Waals surface area contributed by atoms with E-state index in [1.165, 1.54) is 26.4 Å². The molecule has 1 aromatic carbocycles. The summed E-state index contributed by atoms with van der Waals surface area (Å²) < 4.78 is 10.2. The van der Waals surface area contributed by atoms with E-state index in [9.17, 15) is 15.0 Å². The van der Waals surface area contributed by atoms with Gasteiger partial charge in [0, 0.05) is 0 Å². The first-order valence-electron chi connectivity index (χ1n) is 8.12. The number of phenols is 1. The summed E-state index contributed by atoms with van der Waals surface area (Å²) >= 11 is 0. The summed E-state index contributed by atoms with van der Waals surface area (Å²) in [4.78, 5) is 11.6. The number of carbonyl (C=O) groups excluding carboxylic acids is 1. The molecule has 2 rings (SSSR count). The van der Waals surface area contributed by atoms with Crippen molar-refractivity contribution in [2.45, 2.75) is 20.0 Å². The number of hydrogen-bond acceptors (Lipinski definition) is 5. The number of ketones is 1. The summed E-state index contributed by atoms with van der Waals surface area (Å²) in [6.45, 7) is 3.95. The minimum atomic E-state index is -0.721. The van der Waals surface area contributed by atoms with E-state index in [0.29, 0.717) is 17.1 Å². The zero-order valence-electron chi connectivity index (χ0n) is 14.9. The zero-order chi connectivity index (χ0) is 18.6. The number of aliphatic hydroxyl groups is 1. The van der Waals surface area contributed by atoms with Gasteiger partial charge in [0.2, 0.25) is 5.78 Å². The van der Waals surface area contributed by atoms with Crippen LogP contribution in [0.1, 0.15) is 25.5 Å². The second-order valence-electron chi connectivity index (χ2n) is 6.17. The van der Waals surface area contributed by atoms with Crippen LogP contribution in [0.4, 0.5) is 0 Å². The largest absolute Gasteiger partial charge is 0.504 e. The van der Waals surface area contributed by atoms with Crippen LogP contribution in [0, 0.1) is 11.8 Å². The van der Waals surface area contributed by atoms with Gasteiger partial charge in [0.15, 0.2) is 17.3 Å². The molecule has 134 valence electrons. The van der Waals surface area contributed by atoms with E-state index in [1.54, 1.807) is 24.3 Å². The van der Waals surface area contributed by atoms with Crippen LogP contribution >= 0.6 is 0 Å². The van der Waals surface area contributed by atoms with Crippen molar-refractivity contribution in [2.24, 2.45) is 11.8 Å². The molecule has 0 aliphatic heterocycles. The minimum absolute atomic E-state index is 0.0375. The molecular weight excluding hydrogens is 320 g/mol. The number of carbonyl (C=O) groups is 1. The van der Waals surface area contributed by atoms with Crippen LogP contribution in [0.25, 0.3) is 0 Å². The third kappa shape index (κ3) is 4.31. The summed E-state index contributed by atoms with van der Waals surface area (Å²) in [5.41, 5.74) is 1.54. The second kappa shape index (κ2) is 8.03. The Balaban J connectivity index is 2.18. The Labute approximate surface area is 147 Å². The van der Waals surface area contributed by atoms with Crippen molar-refractivity contribution in [3.05, 3.63) is 59.4 Å². The van der Waals surface area contributed by atoms with Crippen LogP contribution in [-0.4, -0.2) is 30.2 Å². The third-order valence-electron chi connectivity index (χ3n) is 4.52. The Hall–Kier alpha value is -2.53. The molecule has 5 nitrogen and oxygen atoms in total. The van der Waals surface area contributed by atoms with Crippen molar-refractivity contribution < 1.29 is 24.5 Å². The van der Waals surface area contributed by atoms with Crippen molar-refractivity contribution >= 4 is 5.78 Å². The molecule has 0 saturated heterocycles. The normalized spacial score (nSPS) is 19.3. The van der Waals surface area contributed by atoms with Gasteiger partial charge in [0.25, 0.3) is 0 Å². The van der Waals surface area contributed by atoms with Crippen molar-refractivity contribution in [1.82, 2.24) is 0 Å². The maximum absolute atomic E-state index is 11.6. The highest BCUT2D eigenvalue weighted by molar-refractivity contribution is 6.04. The van der Waals surface area contributed by atoms with Crippen molar-refractivity contribution in [3.63, 3.8) is 0 Å². The average molecular weight is 344 g/mol. The maximum atomic E-state index is 11.6. The molecule has 2 N–H and O–H groups in total. The van der Waals surface area contributed by atoms with E-state index >= 15 is 0 Å². The van der Waals surface area contributed by atoms with Crippen molar-refractivity contribution in [3.8, 4) is 11.5 Å². The van der Waals surface area contributed by atoms with Gasteiger partial charge in [-0.15, -0.1) is 0 Å². The highest BCUT2D eigenvalue weighted by Crippen LogP contribution is 2.34. The smallest absolute Gasteiger partial charge is 0.220 e. The van der Waals surface area contributed by atoms with E-state index in [4.69, 9.17) is 9.47 Å². The minimum Gasteiger partial charge on any atom is -0.504 e. The van der Waals surface area contributed by atoms with Gasteiger partial charge in [-0.1, -0.05) is 32.1 Å². The molecule has 0 saturated carbocycles. The number of rotatable bonds is 6. The summed E-state index contributed by atoms with van der Waals surface area (Å²) in [6.07, 6.45) is 6.18. The molecule has 0 unspecified atom stereocenters. The Morgan fingerprint density at radius 1 is 1.12 bits per heavy atom. The van der Waals surface area contributed by atoms with E-state index in [1.807, 2.05) is 19.9 Å². The van der Waals surface area contributed by atoms with Gasteiger partial charge >= 0.3 is 0 Å². The number of aliphatic hydroxyl groups excluding tert-OH is 1. The van der Waals surface area contributed by atoms with E-state index in [2.05, 4.69) is 0 Å². The topological polar surface area (TPSA) is 76.0 Å². The zero-order valence-corrected chi connectivity index (χ0v) is 14.9. The molecule has 5 heteroatoms. The molecule has 0 fully saturated rings. The van der Waals surface area contributed by atoms with Gasteiger partial charge in [-0.25, -0.2) is 0 Å². The van der Waals surface area contributed by atoms with Crippen molar-refractivity contribution in [1.29, 1.82) is 0 Å². The van der Waals surface area contributed by atoms with E-state index in [0.717, 1.165) is 5.57 Å². The van der Waals surface area contributed by atoms with Crippen LogP contribution in [0.3, 0.4) is 0 Å². The lowest BCUT2D eigenvalue weighted by molar-refractivity contribution is -0.114. The molecule has 25 heavy (non-hydrogen) atoms. The number of phenolic OH excluding ortho intramolecular Hbond substituents is 1. The molecule has 0 aromatic heterocycles. The molecule has 0 spiro atoms. The van der Waals surface area contributed by atoms with Gasteiger partial charge in [0.1, 0.15) is 0 Å². The second-order valence-corrected chi connectivity index (χ2v) is 6.17. The van der Waals surface area contributed by atoms with Crippen LogP contribution in [-0.2, 0) is 9.53 Å². The molecule has 0 heterocycles. The Morgan fingerprint density at radius 3 is 2.48 bits per heavy atom. The predicted octanol–water partition coefficient (Wildman–Crippen LogP) is 3.30. The molecule has 1 aromatic rings. The summed E-state index contributed by atoms with van der Waals surface area (Å²) in [6, 6.07) is 4.83. The van der Waals surface area contributed by atoms with E-state index < -0.39 is 6.10 Å². The average Bonchev–Trinajstić information content (AvgIpc) is 2.62. The Morgan fingerprint density at radius 2 is 1.84 bits per heavy atom. The monoisotopic (exact) mass is 344 g/mol. The van der Waals surface area contributed by atoms with Gasteiger partial charge in [-0.2, -0.15) is 0 Å². The SMILES string of the molecule is COC1=C/C(=C/[C@H](C)[C@H](C)[C@@H](O)c2ccc(O)c(OC)c2)C=CC1=O. The first-order valence-corrected chi connectivity index (χ1v) is 8.12. The number of benzene rings is 1. The summed E-state index contributed by atoms with van der Waals surface area (Å²) in [7, 11) is 2.94. The Bertz CT molecular complexity index is 730. The van der Waals surface area contributed by atoms with E-state index in [-0.39, 0.29) is 23.4 Å². The number of aromatic hydroxyl groups is 1. The quantitative estimate of drug-likeness (QED) is 0.828. The lowest BCUT2D eigenvalue weighted by atomic mass is 9.85. The third-order valence-corrected chi connectivity index (χ3v) is 4.52.